The highest BCUT2D eigenvalue weighted by molar-refractivity contribution is 6.30. The minimum Gasteiger partial charge on any atom is -0.478 e. The number of hydrogen-bond acceptors (Lipinski definition) is 3. The minimum atomic E-state index is -0.979. The molecule has 1 amide bonds. The summed E-state index contributed by atoms with van der Waals surface area (Å²) in [5.74, 6) is -1.46. The van der Waals surface area contributed by atoms with Crippen molar-refractivity contribution < 1.29 is 19.1 Å². The number of aromatic nitrogens is 2. The molecular formula is C27H23ClFN3O3. The van der Waals surface area contributed by atoms with Gasteiger partial charge in [-0.25, -0.2) is 14.2 Å². The van der Waals surface area contributed by atoms with Gasteiger partial charge in [0.15, 0.2) is 0 Å². The number of pyridine rings is 1. The molecule has 0 atom stereocenters. The second-order valence-electron chi connectivity index (χ2n) is 8.83. The molecule has 6 nitrogen and oxygen atoms in total. The Balaban J connectivity index is 1.43. The van der Waals surface area contributed by atoms with Crippen LogP contribution in [-0.4, -0.2) is 38.0 Å². The van der Waals surface area contributed by atoms with Crippen molar-refractivity contribution in [3.63, 3.8) is 0 Å². The van der Waals surface area contributed by atoms with Crippen molar-refractivity contribution in [2.75, 3.05) is 6.54 Å². The molecule has 3 heterocycles. The third-order valence-electron chi connectivity index (χ3n) is 6.57. The van der Waals surface area contributed by atoms with Gasteiger partial charge in [0.1, 0.15) is 11.5 Å². The molecule has 0 spiro atoms. The molecule has 2 aromatic carbocycles. The van der Waals surface area contributed by atoms with Crippen LogP contribution in [0.3, 0.4) is 0 Å². The number of carboxylic acids is 1. The number of carbonyl (C=O) groups excluding carboxylic acids is 1. The molecular weight excluding hydrogens is 469 g/mol. The molecule has 8 heteroatoms. The Morgan fingerprint density at radius 2 is 1.94 bits per heavy atom. The zero-order chi connectivity index (χ0) is 24.7. The lowest BCUT2D eigenvalue weighted by Crippen LogP contribution is -2.37. The normalized spacial score (nSPS) is 13.2. The molecule has 0 unspecified atom stereocenters. The zero-order valence-corrected chi connectivity index (χ0v) is 19.8. The molecule has 0 saturated heterocycles. The molecule has 35 heavy (non-hydrogen) atoms. The van der Waals surface area contributed by atoms with Crippen molar-refractivity contribution in [3.8, 4) is 0 Å². The van der Waals surface area contributed by atoms with E-state index in [4.69, 9.17) is 11.6 Å². The minimum absolute atomic E-state index is 0.0206. The molecule has 1 aliphatic rings. The van der Waals surface area contributed by atoms with E-state index in [1.165, 1.54) is 11.6 Å². The van der Waals surface area contributed by atoms with Crippen LogP contribution >= 0.6 is 11.6 Å². The average Bonchev–Trinajstić information content (AvgIpc) is 3.14. The first-order chi connectivity index (χ1) is 16.8. The van der Waals surface area contributed by atoms with Crippen molar-refractivity contribution in [1.82, 2.24) is 14.5 Å². The van der Waals surface area contributed by atoms with E-state index >= 15 is 0 Å². The summed E-state index contributed by atoms with van der Waals surface area (Å²) >= 11 is 6.01. The first-order valence-electron chi connectivity index (χ1n) is 11.3. The summed E-state index contributed by atoms with van der Waals surface area (Å²) in [5, 5.41) is 10.4. The van der Waals surface area contributed by atoms with Crippen molar-refractivity contribution >= 4 is 34.5 Å². The van der Waals surface area contributed by atoms with Crippen molar-refractivity contribution in [2.24, 2.45) is 0 Å². The monoisotopic (exact) mass is 491 g/mol. The largest absolute Gasteiger partial charge is 0.478 e. The number of aryl methyl sites for hydroxylation is 1. The maximum atomic E-state index is 13.7. The number of halogens is 2. The first-order valence-corrected chi connectivity index (χ1v) is 11.7. The molecule has 2 aromatic heterocycles. The number of nitrogens with zero attached hydrogens (tertiary/aromatic N) is 3. The van der Waals surface area contributed by atoms with Crippen LogP contribution in [0, 0.1) is 12.7 Å². The highest BCUT2D eigenvalue weighted by Crippen LogP contribution is 2.31. The Hall–Kier alpha value is -3.71. The second kappa shape index (κ2) is 9.15. The fraction of sp³-hybridized carbons (Fsp3) is 0.222. The first kappa shape index (κ1) is 23.1. The van der Waals surface area contributed by atoms with E-state index in [1.807, 2.05) is 17.0 Å². The molecule has 5 rings (SSSR count). The molecule has 1 aliphatic heterocycles. The second-order valence-corrected chi connectivity index (χ2v) is 9.24. The van der Waals surface area contributed by atoms with Crippen LogP contribution in [0.25, 0.3) is 11.0 Å². The highest BCUT2D eigenvalue weighted by atomic mass is 35.5. The maximum absolute atomic E-state index is 13.7. The number of amides is 1. The van der Waals surface area contributed by atoms with E-state index in [0.717, 1.165) is 27.9 Å². The van der Waals surface area contributed by atoms with Gasteiger partial charge in [0.05, 0.1) is 23.6 Å². The van der Waals surface area contributed by atoms with Crippen molar-refractivity contribution in [3.05, 3.63) is 99.1 Å². The molecule has 0 aliphatic carbocycles. The number of carbonyl (C=O) groups is 2. The quantitative estimate of drug-likeness (QED) is 0.426. The predicted octanol–water partition coefficient (Wildman–Crippen LogP) is 5.01. The summed E-state index contributed by atoms with van der Waals surface area (Å²) in [6.45, 7) is 3.22. The number of hydrogen-bond donors (Lipinski definition) is 1. The van der Waals surface area contributed by atoms with Gasteiger partial charge in [-0.05, 0) is 65.9 Å². The summed E-state index contributed by atoms with van der Waals surface area (Å²) in [6.07, 6.45) is 2.65. The lowest BCUT2D eigenvalue weighted by atomic mass is 10.0. The fourth-order valence-electron chi connectivity index (χ4n) is 4.83. The van der Waals surface area contributed by atoms with E-state index in [0.29, 0.717) is 31.6 Å². The van der Waals surface area contributed by atoms with Gasteiger partial charge in [0.2, 0.25) is 5.91 Å². The molecule has 0 bridgehead atoms. The van der Waals surface area contributed by atoms with E-state index in [1.54, 1.807) is 43.5 Å². The van der Waals surface area contributed by atoms with Gasteiger partial charge in [0.25, 0.3) is 0 Å². The van der Waals surface area contributed by atoms with Gasteiger partial charge in [-0.15, -0.1) is 0 Å². The SMILES string of the molecule is Cc1cc(CC(=O)N2CCc3c(n(Cc4ccc(F)c(Cl)c4)c4ncccc34)C2)ccc1C(=O)O. The van der Waals surface area contributed by atoms with Crippen LogP contribution in [0.15, 0.2) is 54.7 Å². The average molecular weight is 492 g/mol. The predicted molar refractivity (Wildman–Crippen MR) is 131 cm³/mol. The molecule has 0 fully saturated rings. The topological polar surface area (TPSA) is 75.4 Å². The summed E-state index contributed by atoms with van der Waals surface area (Å²) in [4.78, 5) is 30.9. The number of aromatic carboxylic acids is 1. The lowest BCUT2D eigenvalue weighted by molar-refractivity contribution is -0.131. The van der Waals surface area contributed by atoms with Crippen LogP contribution in [-0.2, 0) is 30.7 Å². The highest BCUT2D eigenvalue weighted by Gasteiger charge is 2.27. The Kier molecular flexibility index (Phi) is 6.03. The van der Waals surface area contributed by atoms with E-state index in [9.17, 15) is 19.1 Å². The fourth-order valence-corrected chi connectivity index (χ4v) is 5.03. The number of benzene rings is 2. The van der Waals surface area contributed by atoms with Crippen molar-refractivity contribution in [2.45, 2.75) is 32.9 Å². The van der Waals surface area contributed by atoms with E-state index in [-0.39, 0.29) is 22.9 Å². The molecule has 178 valence electrons. The number of rotatable bonds is 5. The molecule has 1 N–H and O–H groups in total. The van der Waals surface area contributed by atoms with E-state index < -0.39 is 11.8 Å². The van der Waals surface area contributed by atoms with Crippen LogP contribution in [0.2, 0.25) is 5.02 Å². The Bertz CT molecular complexity index is 1480. The standard InChI is InChI=1S/C27H23ClFN3O3/c1-16-11-17(4-6-19(16)27(34)35)13-25(33)31-10-8-20-21-3-2-9-30-26(21)32(24(20)15-31)14-18-5-7-23(29)22(28)12-18/h2-7,9,11-12H,8,10,13-15H2,1H3,(H,34,35). The van der Waals surface area contributed by atoms with Gasteiger partial charge in [0, 0.05) is 30.4 Å². The third-order valence-corrected chi connectivity index (χ3v) is 6.86. The van der Waals surface area contributed by atoms with Gasteiger partial charge in [-0.3, -0.25) is 4.79 Å². The summed E-state index contributed by atoms with van der Waals surface area (Å²) in [7, 11) is 0. The number of carboxylic acid groups (broad SMARTS) is 1. The Morgan fingerprint density at radius 3 is 2.69 bits per heavy atom. The van der Waals surface area contributed by atoms with E-state index in [2.05, 4.69) is 9.55 Å². The summed E-state index contributed by atoms with van der Waals surface area (Å²) < 4.78 is 15.8. The van der Waals surface area contributed by atoms with Crippen LogP contribution < -0.4 is 0 Å². The smallest absolute Gasteiger partial charge is 0.335 e. The Morgan fingerprint density at radius 1 is 1.14 bits per heavy atom. The lowest BCUT2D eigenvalue weighted by Gasteiger charge is -2.29. The maximum Gasteiger partial charge on any atom is 0.335 e. The molecule has 0 radical (unpaired) electrons. The third kappa shape index (κ3) is 4.39. The van der Waals surface area contributed by atoms with Crippen molar-refractivity contribution in [1.29, 1.82) is 0 Å². The van der Waals surface area contributed by atoms with Gasteiger partial charge in [-0.2, -0.15) is 0 Å². The number of fused-ring (bicyclic) bond motifs is 3. The molecule has 0 saturated carbocycles. The van der Waals surface area contributed by atoms with Crippen LogP contribution in [0.1, 0.15) is 38.3 Å². The van der Waals surface area contributed by atoms with Gasteiger partial charge >= 0.3 is 5.97 Å². The van der Waals surface area contributed by atoms with Crippen LogP contribution in [0.4, 0.5) is 4.39 Å². The van der Waals surface area contributed by atoms with Crippen LogP contribution in [0.5, 0.6) is 0 Å². The zero-order valence-electron chi connectivity index (χ0n) is 19.1. The summed E-state index contributed by atoms with van der Waals surface area (Å²) in [5.41, 5.74) is 5.51. The van der Waals surface area contributed by atoms with Gasteiger partial charge in [-0.1, -0.05) is 29.8 Å². The van der Waals surface area contributed by atoms with Gasteiger partial charge < -0.3 is 14.6 Å². The molecule has 4 aromatic rings. The summed E-state index contributed by atoms with van der Waals surface area (Å²) in [6, 6.07) is 13.6. The Labute approximate surface area is 206 Å².